The standard InChI is InChI=1S/C17H24ClNO2/c1-6-7-8-9-21-16-13(12-19-17(2,3)4)10-14(18)11-15(16)20-5/h10-11,19H,8-9,12H2,1-5H3. The molecule has 21 heavy (non-hydrogen) atoms. The summed E-state index contributed by atoms with van der Waals surface area (Å²) in [5, 5.41) is 4.07. The Labute approximate surface area is 133 Å². The van der Waals surface area contributed by atoms with E-state index in [9.17, 15) is 0 Å². The Morgan fingerprint density at radius 2 is 2.00 bits per heavy atom. The van der Waals surface area contributed by atoms with Crippen LogP contribution < -0.4 is 14.8 Å². The largest absolute Gasteiger partial charge is 0.493 e. The van der Waals surface area contributed by atoms with E-state index in [4.69, 9.17) is 21.1 Å². The summed E-state index contributed by atoms with van der Waals surface area (Å²) in [5.74, 6) is 7.23. The Morgan fingerprint density at radius 1 is 1.29 bits per heavy atom. The maximum absolute atomic E-state index is 6.15. The third-order valence-corrected chi connectivity index (χ3v) is 2.99. The van der Waals surface area contributed by atoms with Crippen LogP contribution in [0, 0.1) is 11.8 Å². The smallest absolute Gasteiger partial charge is 0.165 e. The Hall–Kier alpha value is -1.37. The van der Waals surface area contributed by atoms with Crippen molar-refractivity contribution in [1.29, 1.82) is 0 Å². The lowest BCUT2D eigenvalue weighted by Crippen LogP contribution is -2.35. The van der Waals surface area contributed by atoms with E-state index in [1.54, 1.807) is 13.2 Å². The molecule has 116 valence electrons. The fraction of sp³-hybridized carbons (Fsp3) is 0.529. The molecule has 0 aliphatic heterocycles. The van der Waals surface area contributed by atoms with E-state index in [1.165, 1.54) is 0 Å². The minimum atomic E-state index is 0.0144. The summed E-state index contributed by atoms with van der Waals surface area (Å²) < 4.78 is 11.2. The zero-order chi connectivity index (χ0) is 15.9. The van der Waals surface area contributed by atoms with E-state index >= 15 is 0 Å². The highest BCUT2D eigenvalue weighted by molar-refractivity contribution is 6.30. The quantitative estimate of drug-likeness (QED) is 0.636. The molecule has 0 heterocycles. The van der Waals surface area contributed by atoms with Gasteiger partial charge in [0.25, 0.3) is 0 Å². The molecule has 4 heteroatoms. The van der Waals surface area contributed by atoms with Gasteiger partial charge in [-0.25, -0.2) is 0 Å². The molecule has 1 N–H and O–H groups in total. The van der Waals surface area contributed by atoms with Crippen LogP contribution in [0.15, 0.2) is 12.1 Å². The highest BCUT2D eigenvalue weighted by Crippen LogP contribution is 2.35. The van der Waals surface area contributed by atoms with Crippen LogP contribution in [0.1, 0.15) is 39.7 Å². The lowest BCUT2D eigenvalue weighted by Gasteiger charge is -2.22. The van der Waals surface area contributed by atoms with E-state index < -0.39 is 0 Å². The number of nitrogens with one attached hydrogen (secondary N) is 1. The summed E-state index contributed by atoms with van der Waals surface area (Å²) in [6.07, 6.45) is 0.689. The van der Waals surface area contributed by atoms with Crippen molar-refractivity contribution in [3.63, 3.8) is 0 Å². The molecule has 0 aliphatic rings. The monoisotopic (exact) mass is 309 g/mol. The zero-order valence-electron chi connectivity index (χ0n) is 13.5. The van der Waals surface area contributed by atoms with E-state index in [1.807, 2.05) is 13.0 Å². The SMILES string of the molecule is CC#CCCOc1c(CNC(C)(C)C)cc(Cl)cc1OC. The van der Waals surface area contributed by atoms with Gasteiger partial charge in [-0.15, -0.1) is 11.8 Å². The number of halogens is 1. The molecule has 1 rings (SSSR count). The van der Waals surface area contributed by atoms with E-state index in [-0.39, 0.29) is 5.54 Å². The summed E-state index contributed by atoms with van der Waals surface area (Å²) in [6.45, 7) is 9.36. The van der Waals surface area contributed by atoms with Gasteiger partial charge in [0, 0.05) is 35.2 Å². The Kier molecular flexibility index (Phi) is 6.87. The first-order chi connectivity index (χ1) is 9.87. The number of hydrogen-bond donors (Lipinski definition) is 1. The molecule has 0 unspecified atom stereocenters. The van der Waals surface area contributed by atoms with Crippen molar-refractivity contribution in [2.24, 2.45) is 0 Å². The number of methoxy groups -OCH3 is 1. The van der Waals surface area contributed by atoms with Gasteiger partial charge in [-0.2, -0.15) is 0 Å². The average Bonchev–Trinajstić information content (AvgIpc) is 2.41. The first kappa shape index (κ1) is 17.7. The average molecular weight is 310 g/mol. The molecule has 0 saturated carbocycles. The molecule has 0 amide bonds. The topological polar surface area (TPSA) is 30.5 Å². The highest BCUT2D eigenvalue weighted by atomic mass is 35.5. The molecule has 0 radical (unpaired) electrons. The fourth-order valence-corrected chi connectivity index (χ4v) is 1.99. The van der Waals surface area contributed by atoms with Crippen molar-refractivity contribution < 1.29 is 9.47 Å². The molecule has 0 spiro atoms. The Balaban J connectivity index is 2.95. The van der Waals surface area contributed by atoms with Crippen LogP contribution in [-0.4, -0.2) is 19.3 Å². The number of ether oxygens (including phenoxy) is 2. The van der Waals surface area contributed by atoms with Crippen molar-refractivity contribution in [3.05, 3.63) is 22.7 Å². The molecule has 1 aromatic rings. The minimum Gasteiger partial charge on any atom is -0.493 e. The first-order valence-electron chi connectivity index (χ1n) is 7.01. The van der Waals surface area contributed by atoms with Gasteiger partial charge in [-0.05, 0) is 33.8 Å². The van der Waals surface area contributed by atoms with Crippen LogP contribution in [0.5, 0.6) is 11.5 Å². The van der Waals surface area contributed by atoms with Gasteiger partial charge < -0.3 is 14.8 Å². The number of benzene rings is 1. The van der Waals surface area contributed by atoms with Gasteiger partial charge in [-0.1, -0.05) is 11.6 Å². The molecule has 0 bridgehead atoms. The summed E-state index contributed by atoms with van der Waals surface area (Å²) in [4.78, 5) is 0. The normalized spacial score (nSPS) is 10.8. The summed E-state index contributed by atoms with van der Waals surface area (Å²) in [5.41, 5.74) is 0.999. The molecular formula is C17H24ClNO2. The first-order valence-corrected chi connectivity index (χ1v) is 7.39. The van der Waals surface area contributed by atoms with Gasteiger partial charge in [0.1, 0.15) is 0 Å². The van der Waals surface area contributed by atoms with Gasteiger partial charge in [0.05, 0.1) is 13.7 Å². The van der Waals surface area contributed by atoms with Crippen LogP contribution in [-0.2, 0) is 6.54 Å². The predicted molar refractivity (Wildman–Crippen MR) is 88.2 cm³/mol. The second kappa shape index (κ2) is 8.17. The van der Waals surface area contributed by atoms with Crippen LogP contribution in [0.2, 0.25) is 5.02 Å². The van der Waals surface area contributed by atoms with Crippen molar-refractivity contribution in [2.45, 2.75) is 46.2 Å². The van der Waals surface area contributed by atoms with Crippen LogP contribution in [0.3, 0.4) is 0 Å². The fourth-order valence-electron chi connectivity index (χ4n) is 1.76. The van der Waals surface area contributed by atoms with E-state index in [2.05, 4.69) is 37.9 Å². The molecule has 3 nitrogen and oxygen atoms in total. The van der Waals surface area contributed by atoms with Crippen molar-refractivity contribution in [2.75, 3.05) is 13.7 Å². The summed E-state index contributed by atoms with van der Waals surface area (Å²) >= 11 is 6.15. The number of rotatable bonds is 6. The summed E-state index contributed by atoms with van der Waals surface area (Å²) in [6, 6.07) is 3.67. The van der Waals surface area contributed by atoms with E-state index in [0.717, 1.165) is 11.3 Å². The molecule has 0 fully saturated rings. The molecule has 0 saturated heterocycles. The third-order valence-electron chi connectivity index (χ3n) is 2.78. The third kappa shape index (κ3) is 6.29. The van der Waals surface area contributed by atoms with Gasteiger partial charge >= 0.3 is 0 Å². The lowest BCUT2D eigenvalue weighted by molar-refractivity contribution is 0.295. The molecule has 1 aromatic carbocycles. The number of hydrogen-bond acceptors (Lipinski definition) is 3. The lowest BCUT2D eigenvalue weighted by atomic mass is 10.1. The second-order valence-electron chi connectivity index (χ2n) is 5.73. The predicted octanol–water partition coefficient (Wildman–Crippen LogP) is 4.03. The maximum atomic E-state index is 6.15. The Bertz CT molecular complexity index is 524. The van der Waals surface area contributed by atoms with Gasteiger partial charge in [-0.3, -0.25) is 0 Å². The van der Waals surface area contributed by atoms with Gasteiger partial charge in [0.15, 0.2) is 11.5 Å². The van der Waals surface area contributed by atoms with Crippen molar-refractivity contribution in [3.8, 4) is 23.3 Å². The molecular weight excluding hydrogens is 286 g/mol. The van der Waals surface area contributed by atoms with Crippen molar-refractivity contribution in [1.82, 2.24) is 5.32 Å². The van der Waals surface area contributed by atoms with Crippen LogP contribution >= 0.6 is 11.6 Å². The van der Waals surface area contributed by atoms with Crippen LogP contribution in [0.25, 0.3) is 0 Å². The highest BCUT2D eigenvalue weighted by Gasteiger charge is 2.15. The van der Waals surface area contributed by atoms with Gasteiger partial charge in [0.2, 0.25) is 0 Å². The molecule has 0 aromatic heterocycles. The molecule has 0 atom stereocenters. The Morgan fingerprint density at radius 3 is 2.57 bits per heavy atom. The van der Waals surface area contributed by atoms with Crippen LogP contribution in [0.4, 0.5) is 0 Å². The second-order valence-corrected chi connectivity index (χ2v) is 6.16. The molecule has 0 aliphatic carbocycles. The van der Waals surface area contributed by atoms with Crippen molar-refractivity contribution >= 4 is 11.6 Å². The van der Waals surface area contributed by atoms with E-state index in [0.29, 0.717) is 30.3 Å². The minimum absolute atomic E-state index is 0.0144. The maximum Gasteiger partial charge on any atom is 0.165 e. The zero-order valence-corrected chi connectivity index (χ0v) is 14.2. The summed E-state index contributed by atoms with van der Waals surface area (Å²) in [7, 11) is 1.62.